The average molecular weight is 373 g/mol. The molecule has 1 atom stereocenters. The van der Waals surface area contributed by atoms with Crippen molar-refractivity contribution in [1.29, 1.82) is 0 Å². The van der Waals surface area contributed by atoms with Gasteiger partial charge in [0.2, 0.25) is 0 Å². The van der Waals surface area contributed by atoms with Crippen molar-refractivity contribution in [1.82, 2.24) is 0 Å². The Labute approximate surface area is 165 Å². The first kappa shape index (κ1) is 18.3. The van der Waals surface area contributed by atoms with Crippen LogP contribution in [0.2, 0.25) is 0 Å². The highest BCUT2D eigenvalue weighted by Gasteiger charge is 2.38. The third-order valence-corrected chi connectivity index (χ3v) is 5.39. The Bertz CT molecular complexity index is 986. The molecule has 1 N–H and O–H groups in total. The Hall–Kier alpha value is -3.11. The molecular weight excluding hydrogens is 350 g/mol. The molecule has 1 heterocycles. The largest absolute Gasteiger partial charge is 0.438 e. The fourth-order valence-electron chi connectivity index (χ4n) is 3.72. The highest BCUT2D eigenvalue weighted by Crippen LogP contribution is 2.36. The molecule has 3 aromatic rings. The van der Waals surface area contributed by atoms with Gasteiger partial charge in [-0.15, -0.1) is 0 Å². The van der Waals surface area contributed by atoms with Crippen molar-refractivity contribution in [3.8, 4) is 11.1 Å². The van der Waals surface area contributed by atoms with E-state index in [0.29, 0.717) is 13.0 Å². The van der Waals surface area contributed by atoms with Gasteiger partial charge in [-0.25, -0.2) is 4.79 Å². The van der Waals surface area contributed by atoms with Crippen LogP contribution in [0.5, 0.6) is 0 Å². The van der Waals surface area contributed by atoms with Gasteiger partial charge in [-0.2, -0.15) is 0 Å². The zero-order chi connectivity index (χ0) is 19.6. The van der Waals surface area contributed by atoms with E-state index in [1.54, 1.807) is 4.90 Å². The molecule has 1 unspecified atom stereocenters. The summed E-state index contributed by atoms with van der Waals surface area (Å²) in [7, 11) is 0. The number of anilines is 1. The van der Waals surface area contributed by atoms with E-state index < -0.39 is 5.60 Å². The van der Waals surface area contributed by atoms with Gasteiger partial charge >= 0.3 is 6.09 Å². The number of rotatable bonds is 4. The highest BCUT2D eigenvalue weighted by molar-refractivity contribution is 5.90. The van der Waals surface area contributed by atoms with Crippen molar-refractivity contribution in [2.45, 2.75) is 25.6 Å². The van der Waals surface area contributed by atoms with Gasteiger partial charge in [0.15, 0.2) is 0 Å². The van der Waals surface area contributed by atoms with E-state index in [9.17, 15) is 9.90 Å². The lowest BCUT2D eigenvalue weighted by molar-refractivity contribution is 0.00583. The number of aliphatic hydroxyl groups excluding tert-OH is 1. The molecule has 28 heavy (non-hydrogen) atoms. The fourth-order valence-corrected chi connectivity index (χ4v) is 3.72. The zero-order valence-electron chi connectivity index (χ0n) is 15.8. The van der Waals surface area contributed by atoms with Gasteiger partial charge in [0, 0.05) is 18.7 Å². The molecule has 0 spiro atoms. The van der Waals surface area contributed by atoms with Gasteiger partial charge in [0.05, 0.1) is 6.61 Å². The predicted molar refractivity (Wildman–Crippen MR) is 110 cm³/mol. The first-order chi connectivity index (χ1) is 13.6. The number of cyclic esters (lactones) is 1. The van der Waals surface area contributed by atoms with Crippen molar-refractivity contribution in [3.05, 3.63) is 90.0 Å². The minimum Gasteiger partial charge on any atom is -0.438 e. The van der Waals surface area contributed by atoms with Crippen LogP contribution in [0.25, 0.3) is 11.1 Å². The zero-order valence-corrected chi connectivity index (χ0v) is 15.8. The molecular formula is C24H23NO3. The molecule has 0 radical (unpaired) electrons. The van der Waals surface area contributed by atoms with Crippen LogP contribution < -0.4 is 4.90 Å². The second kappa shape index (κ2) is 7.49. The van der Waals surface area contributed by atoms with E-state index in [4.69, 9.17) is 4.74 Å². The summed E-state index contributed by atoms with van der Waals surface area (Å²) in [6.07, 6.45) is 0.366. The Kier molecular flexibility index (Phi) is 4.88. The highest BCUT2D eigenvalue weighted by atomic mass is 16.6. The normalized spacial score (nSPS) is 19.4. The molecule has 0 saturated carbocycles. The van der Waals surface area contributed by atoms with E-state index in [0.717, 1.165) is 27.9 Å². The Morgan fingerprint density at radius 3 is 2.50 bits per heavy atom. The molecule has 0 aromatic heterocycles. The SMILES string of the molecule is CC1(c2ccccc2)CCN(c2cccc(-c3ccccc3CO)c2)C(=O)O1. The van der Waals surface area contributed by atoms with E-state index in [-0.39, 0.29) is 12.7 Å². The summed E-state index contributed by atoms with van der Waals surface area (Å²) in [5.41, 5.74) is 3.98. The predicted octanol–water partition coefficient (Wildman–Crippen LogP) is 5.11. The lowest BCUT2D eigenvalue weighted by Crippen LogP contribution is -2.46. The maximum atomic E-state index is 12.8. The molecule has 1 amide bonds. The van der Waals surface area contributed by atoms with Gasteiger partial charge in [-0.3, -0.25) is 4.90 Å². The molecule has 142 valence electrons. The Morgan fingerprint density at radius 2 is 1.75 bits per heavy atom. The molecule has 1 aliphatic heterocycles. The van der Waals surface area contributed by atoms with E-state index in [1.165, 1.54) is 0 Å². The molecule has 0 bridgehead atoms. The average Bonchev–Trinajstić information content (AvgIpc) is 2.74. The second-order valence-electron chi connectivity index (χ2n) is 7.23. The molecule has 4 rings (SSSR count). The number of carbonyl (C=O) groups is 1. The minimum absolute atomic E-state index is 0.0262. The van der Waals surface area contributed by atoms with E-state index in [1.807, 2.05) is 85.8 Å². The van der Waals surface area contributed by atoms with Crippen LogP contribution in [-0.2, 0) is 16.9 Å². The van der Waals surface area contributed by atoms with Crippen LogP contribution in [0.15, 0.2) is 78.9 Å². The van der Waals surface area contributed by atoms with Crippen molar-refractivity contribution in [2.24, 2.45) is 0 Å². The van der Waals surface area contributed by atoms with Crippen LogP contribution in [-0.4, -0.2) is 17.7 Å². The van der Waals surface area contributed by atoms with Crippen LogP contribution in [0.4, 0.5) is 10.5 Å². The number of benzene rings is 3. The number of hydrogen-bond donors (Lipinski definition) is 1. The summed E-state index contributed by atoms with van der Waals surface area (Å²) < 4.78 is 5.86. The monoisotopic (exact) mass is 373 g/mol. The Morgan fingerprint density at radius 1 is 1.00 bits per heavy atom. The van der Waals surface area contributed by atoms with Gasteiger partial charge < -0.3 is 9.84 Å². The van der Waals surface area contributed by atoms with Gasteiger partial charge in [-0.05, 0) is 41.3 Å². The smallest absolute Gasteiger partial charge is 0.415 e. The first-order valence-electron chi connectivity index (χ1n) is 9.46. The van der Waals surface area contributed by atoms with Gasteiger partial charge in [0.1, 0.15) is 5.60 Å². The molecule has 4 nitrogen and oxygen atoms in total. The third kappa shape index (κ3) is 3.39. The second-order valence-corrected chi connectivity index (χ2v) is 7.23. The summed E-state index contributed by atoms with van der Waals surface area (Å²) in [4.78, 5) is 14.5. The third-order valence-electron chi connectivity index (χ3n) is 5.39. The number of carbonyl (C=O) groups excluding carboxylic acids is 1. The standard InChI is InChI=1S/C24H23NO3/c1-24(20-10-3-2-4-11-20)14-15-25(23(27)28-24)21-12-7-9-18(16-21)22-13-6-5-8-19(22)17-26/h2-13,16,26H,14-15,17H2,1H3. The van der Waals surface area contributed by atoms with Gasteiger partial charge in [-0.1, -0.05) is 66.7 Å². The summed E-state index contributed by atoms with van der Waals surface area (Å²) in [6, 6.07) is 25.4. The quantitative estimate of drug-likeness (QED) is 0.691. The fraction of sp³-hybridized carbons (Fsp3) is 0.208. The minimum atomic E-state index is -0.615. The molecule has 0 aliphatic carbocycles. The van der Waals surface area contributed by atoms with Crippen molar-refractivity contribution < 1.29 is 14.6 Å². The molecule has 4 heteroatoms. The molecule has 1 aliphatic rings. The molecule has 3 aromatic carbocycles. The lowest BCUT2D eigenvalue weighted by Gasteiger charge is -2.39. The number of amides is 1. The number of nitrogens with zero attached hydrogens (tertiary/aromatic N) is 1. The van der Waals surface area contributed by atoms with Crippen molar-refractivity contribution >= 4 is 11.8 Å². The summed E-state index contributed by atoms with van der Waals surface area (Å²) >= 11 is 0. The van der Waals surface area contributed by atoms with Crippen LogP contribution >= 0.6 is 0 Å². The molecule has 1 fully saturated rings. The summed E-state index contributed by atoms with van der Waals surface area (Å²) in [5.74, 6) is 0. The van der Waals surface area contributed by atoms with Gasteiger partial charge in [0.25, 0.3) is 0 Å². The van der Waals surface area contributed by atoms with Crippen molar-refractivity contribution in [2.75, 3.05) is 11.4 Å². The van der Waals surface area contributed by atoms with Crippen LogP contribution in [0, 0.1) is 0 Å². The van der Waals surface area contributed by atoms with Crippen LogP contribution in [0.1, 0.15) is 24.5 Å². The van der Waals surface area contributed by atoms with Crippen LogP contribution in [0.3, 0.4) is 0 Å². The summed E-state index contributed by atoms with van der Waals surface area (Å²) in [5, 5.41) is 9.62. The summed E-state index contributed by atoms with van der Waals surface area (Å²) in [6.45, 7) is 2.52. The maximum absolute atomic E-state index is 12.8. The van der Waals surface area contributed by atoms with Crippen molar-refractivity contribution in [3.63, 3.8) is 0 Å². The molecule has 1 saturated heterocycles. The van der Waals surface area contributed by atoms with E-state index in [2.05, 4.69) is 0 Å². The van der Waals surface area contributed by atoms with E-state index >= 15 is 0 Å². The number of ether oxygens (including phenoxy) is 1. The topological polar surface area (TPSA) is 49.8 Å². The Balaban J connectivity index is 1.60. The number of hydrogen-bond acceptors (Lipinski definition) is 3. The first-order valence-corrected chi connectivity index (χ1v) is 9.46. The number of aliphatic hydroxyl groups is 1. The lowest BCUT2D eigenvalue weighted by atomic mass is 9.91. The maximum Gasteiger partial charge on any atom is 0.415 e.